The summed E-state index contributed by atoms with van der Waals surface area (Å²) in [5.74, 6) is 1.04. The highest BCUT2D eigenvalue weighted by Gasteiger charge is 2.15. The molecule has 1 aromatic heterocycles. The van der Waals surface area contributed by atoms with Gasteiger partial charge in [-0.2, -0.15) is 0 Å². The van der Waals surface area contributed by atoms with Gasteiger partial charge in [-0.05, 0) is 43.4 Å². The van der Waals surface area contributed by atoms with E-state index in [1.807, 2.05) is 6.07 Å². The van der Waals surface area contributed by atoms with Gasteiger partial charge in [-0.25, -0.2) is 0 Å². The zero-order chi connectivity index (χ0) is 16.2. The fourth-order valence-electron chi connectivity index (χ4n) is 2.39. The number of aromatic nitrogens is 2. The summed E-state index contributed by atoms with van der Waals surface area (Å²) in [6.45, 7) is 3.89. The molecule has 0 spiro atoms. The Bertz CT molecular complexity index is 666. The maximum Gasteiger partial charge on any atom is 0.256 e. The quantitative estimate of drug-likeness (QED) is 0.933. The molecule has 120 valence electrons. The van der Waals surface area contributed by atoms with Gasteiger partial charge in [0.2, 0.25) is 0 Å². The van der Waals surface area contributed by atoms with Crippen LogP contribution >= 0.6 is 11.6 Å². The summed E-state index contributed by atoms with van der Waals surface area (Å²) in [4.78, 5) is 16.6. The third-order valence-corrected chi connectivity index (χ3v) is 4.08. The normalized spacial score (nSPS) is 15.5. The molecular weight excluding hydrogens is 314 g/mol. The first-order chi connectivity index (χ1) is 11.1. The Morgan fingerprint density at radius 2 is 1.74 bits per heavy atom. The second-order valence-corrected chi connectivity index (χ2v) is 5.96. The predicted octanol–water partition coefficient (Wildman–Crippen LogP) is 2.13. The van der Waals surface area contributed by atoms with Crippen molar-refractivity contribution in [2.24, 2.45) is 0 Å². The van der Waals surface area contributed by atoms with Crippen molar-refractivity contribution in [3.8, 4) is 0 Å². The number of benzene rings is 1. The Morgan fingerprint density at radius 1 is 1.04 bits per heavy atom. The van der Waals surface area contributed by atoms with Crippen molar-refractivity contribution in [1.82, 2.24) is 15.1 Å². The first-order valence-electron chi connectivity index (χ1n) is 7.46. The van der Waals surface area contributed by atoms with Crippen LogP contribution in [0.2, 0.25) is 5.02 Å². The lowest BCUT2D eigenvalue weighted by atomic mass is 10.2. The van der Waals surface area contributed by atoms with E-state index in [0.717, 1.165) is 32.0 Å². The maximum absolute atomic E-state index is 12.1. The van der Waals surface area contributed by atoms with E-state index in [9.17, 15) is 4.79 Å². The van der Waals surface area contributed by atoms with E-state index in [-0.39, 0.29) is 5.91 Å². The first-order valence-corrected chi connectivity index (χ1v) is 7.84. The molecule has 23 heavy (non-hydrogen) atoms. The second kappa shape index (κ2) is 6.93. The van der Waals surface area contributed by atoms with E-state index in [0.29, 0.717) is 16.4 Å². The third-order valence-electron chi connectivity index (χ3n) is 3.83. The highest BCUT2D eigenvalue weighted by atomic mass is 35.5. The van der Waals surface area contributed by atoms with E-state index in [4.69, 9.17) is 11.6 Å². The topological polar surface area (TPSA) is 61.4 Å². The van der Waals surface area contributed by atoms with Crippen LogP contribution in [-0.2, 0) is 0 Å². The van der Waals surface area contributed by atoms with Gasteiger partial charge in [0.15, 0.2) is 11.6 Å². The van der Waals surface area contributed by atoms with Gasteiger partial charge < -0.3 is 15.1 Å². The van der Waals surface area contributed by atoms with Crippen molar-refractivity contribution in [2.75, 3.05) is 43.4 Å². The van der Waals surface area contributed by atoms with Crippen LogP contribution in [0.5, 0.6) is 0 Å². The number of piperazine rings is 1. The fraction of sp³-hybridized carbons (Fsp3) is 0.312. The lowest BCUT2D eigenvalue weighted by Crippen LogP contribution is -2.44. The number of likely N-dealkylation sites (N-methyl/N-ethyl adjacent to an activating group) is 1. The number of anilines is 2. The molecule has 7 heteroatoms. The van der Waals surface area contributed by atoms with Gasteiger partial charge in [-0.3, -0.25) is 4.79 Å². The minimum absolute atomic E-state index is 0.233. The van der Waals surface area contributed by atoms with E-state index in [2.05, 4.69) is 32.4 Å². The minimum atomic E-state index is -0.233. The van der Waals surface area contributed by atoms with Gasteiger partial charge in [0.05, 0.1) is 0 Å². The molecule has 1 N–H and O–H groups in total. The Hall–Kier alpha value is -2.18. The van der Waals surface area contributed by atoms with Crippen molar-refractivity contribution in [2.45, 2.75) is 0 Å². The van der Waals surface area contributed by atoms with Gasteiger partial charge in [-0.15, -0.1) is 10.2 Å². The van der Waals surface area contributed by atoms with Crippen LogP contribution in [0.1, 0.15) is 10.4 Å². The average molecular weight is 332 g/mol. The maximum atomic E-state index is 12.1. The molecule has 0 bridgehead atoms. The summed E-state index contributed by atoms with van der Waals surface area (Å²) in [5.41, 5.74) is 0.527. The summed E-state index contributed by atoms with van der Waals surface area (Å²) < 4.78 is 0. The van der Waals surface area contributed by atoms with Crippen LogP contribution in [0, 0.1) is 0 Å². The molecule has 1 aliphatic heterocycles. The van der Waals surface area contributed by atoms with Gasteiger partial charge in [0, 0.05) is 36.8 Å². The third kappa shape index (κ3) is 3.97. The zero-order valence-corrected chi connectivity index (χ0v) is 13.6. The van der Waals surface area contributed by atoms with Gasteiger partial charge >= 0.3 is 0 Å². The second-order valence-electron chi connectivity index (χ2n) is 5.53. The average Bonchev–Trinajstić information content (AvgIpc) is 2.57. The van der Waals surface area contributed by atoms with E-state index >= 15 is 0 Å². The van der Waals surface area contributed by atoms with Crippen LogP contribution in [0.25, 0.3) is 0 Å². The Morgan fingerprint density at radius 3 is 2.35 bits per heavy atom. The molecular formula is C16H18ClN5O. The Kier molecular flexibility index (Phi) is 4.73. The van der Waals surface area contributed by atoms with Crippen molar-refractivity contribution >= 4 is 29.1 Å². The van der Waals surface area contributed by atoms with Gasteiger partial charge in [0.25, 0.3) is 5.91 Å². The van der Waals surface area contributed by atoms with Crippen molar-refractivity contribution in [3.05, 3.63) is 47.0 Å². The molecule has 1 amide bonds. The monoisotopic (exact) mass is 331 g/mol. The van der Waals surface area contributed by atoms with Crippen LogP contribution in [0.3, 0.4) is 0 Å². The number of rotatable bonds is 3. The van der Waals surface area contributed by atoms with Gasteiger partial charge in [-0.1, -0.05) is 11.6 Å². The molecule has 0 radical (unpaired) electrons. The van der Waals surface area contributed by atoms with Crippen LogP contribution in [-0.4, -0.2) is 54.2 Å². The Labute approximate surface area is 140 Å². The highest BCUT2D eigenvalue weighted by Crippen LogP contribution is 2.15. The molecule has 1 fully saturated rings. The molecule has 1 aliphatic rings. The smallest absolute Gasteiger partial charge is 0.256 e. The number of carbonyl (C=O) groups is 1. The molecule has 3 rings (SSSR count). The first kappa shape index (κ1) is 15.7. The molecule has 0 atom stereocenters. The molecule has 2 aromatic rings. The molecule has 0 aliphatic carbocycles. The number of halogens is 1. The molecule has 6 nitrogen and oxygen atoms in total. The SMILES string of the molecule is CN1CCN(c2ccc(NC(=O)c3ccc(Cl)cc3)nn2)CC1. The Balaban J connectivity index is 1.63. The standard InChI is InChI=1S/C16H18ClN5O/c1-21-8-10-22(11-9-21)15-7-6-14(19-20-15)18-16(23)12-2-4-13(17)5-3-12/h2-7H,8-11H2,1H3,(H,18,19,23). The summed E-state index contributed by atoms with van der Waals surface area (Å²) in [5, 5.41) is 11.6. The van der Waals surface area contributed by atoms with E-state index < -0.39 is 0 Å². The molecule has 2 heterocycles. The van der Waals surface area contributed by atoms with E-state index in [1.54, 1.807) is 30.3 Å². The molecule has 0 saturated carbocycles. The largest absolute Gasteiger partial charge is 0.353 e. The summed E-state index contributed by atoms with van der Waals surface area (Å²) in [6.07, 6.45) is 0. The zero-order valence-electron chi connectivity index (χ0n) is 12.9. The molecule has 0 unspecified atom stereocenters. The highest BCUT2D eigenvalue weighted by molar-refractivity contribution is 6.30. The van der Waals surface area contributed by atoms with E-state index in [1.165, 1.54) is 0 Å². The summed E-state index contributed by atoms with van der Waals surface area (Å²) in [6, 6.07) is 10.4. The van der Waals surface area contributed by atoms with Crippen molar-refractivity contribution in [3.63, 3.8) is 0 Å². The fourth-order valence-corrected chi connectivity index (χ4v) is 2.51. The summed E-state index contributed by atoms with van der Waals surface area (Å²) in [7, 11) is 2.11. The van der Waals surface area contributed by atoms with Crippen molar-refractivity contribution < 1.29 is 4.79 Å². The predicted molar refractivity (Wildman–Crippen MR) is 91.1 cm³/mol. The number of hydrogen-bond acceptors (Lipinski definition) is 5. The van der Waals surface area contributed by atoms with Crippen LogP contribution in [0.4, 0.5) is 11.6 Å². The minimum Gasteiger partial charge on any atom is -0.353 e. The number of hydrogen-bond donors (Lipinski definition) is 1. The lowest BCUT2D eigenvalue weighted by molar-refractivity contribution is 0.102. The van der Waals surface area contributed by atoms with Crippen LogP contribution < -0.4 is 10.2 Å². The lowest BCUT2D eigenvalue weighted by Gasteiger charge is -2.32. The number of amides is 1. The number of carbonyl (C=O) groups excluding carboxylic acids is 1. The van der Waals surface area contributed by atoms with Gasteiger partial charge in [0.1, 0.15) is 0 Å². The van der Waals surface area contributed by atoms with Crippen LogP contribution in [0.15, 0.2) is 36.4 Å². The van der Waals surface area contributed by atoms with Crippen molar-refractivity contribution in [1.29, 1.82) is 0 Å². The number of nitrogens with one attached hydrogen (secondary N) is 1. The number of nitrogens with zero attached hydrogens (tertiary/aromatic N) is 4. The molecule has 1 aromatic carbocycles. The molecule has 1 saturated heterocycles. The summed E-state index contributed by atoms with van der Waals surface area (Å²) >= 11 is 5.82.